The fraction of sp³-hybridized carbons (Fsp3) is 0.500. The van der Waals surface area contributed by atoms with Crippen LogP contribution in [0.5, 0.6) is 0 Å². The van der Waals surface area contributed by atoms with Gasteiger partial charge in [-0.1, -0.05) is 23.8 Å². The zero-order valence-electron chi connectivity index (χ0n) is 14.3. The number of carbonyl (C=O) groups excluding carboxylic acids is 2. The van der Waals surface area contributed by atoms with Gasteiger partial charge in [-0.05, 0) is 51.7 Å². The van der Waals surface area contributed by atoms with Crippen molar-refractivity contribution in [1.82, 2.24) is 0 Å². The molecule has 24 heavy (non-hydrogen) atoms. The second kappa shape index (κ2) is 6.80. The molecule has 0 aromatic carbocycles. The molecule has 1 fully saturated rings. The van der Waals surface area contributed by atoms with Gasteiger partial charge in [0.1, 0.15) is 12.2 Å². The number of ether oxygens (including phenoxy) is 2. The Balaban J connectivity index is 1.86. The second-order valence-electron chi connectivity index (χ2n) is 6.98. The molecule has 128 valence electrons. The van der Waals surface area contributed by atoms with E-state index in [1.165, 1.54) is 5.57 Å². The third-order valence-corrected chi connectivity index (χ3v) is 4.99. The topological polar surface area (TPSA) is 52.6 Å². The van der Waals surface area contributed by atoms with Gasteiger partial charge in [0.2, 0.25) is 0 Å². The van der Waals surface area contributed by atoms with Crippen LogP contribution in [0, 0.1) is 5.92 Å². The van der Waals surface area contributed by atoms with Crippen LogP contribution >= 0.6 is 0 Å². The van der Waals surface area contributed by atoms with Gasteiger partial charge in [-0.25, -0.2) is 9.59 Å². The Morgan fingerprint density at radius 1 is 1.04 bits per heavy atom. The predicted octanol–water partition coefficient (Wildman–Crippen LogP) is 3.79. The van der Waals surface area contributed by atoms with Crippen LogP contribution in [0.4, 0.5) is 0 Å². The Labute approximate surface area is 142 Å². The average Bonchev–Trinajstić information content (AvgIpc) is 2.97. The third kappa shape index (κ3) is 3.53. The average molecular weight is 328 g/mol. The fourth-order valence-electron chi connectivity index (χ4n) is 3.57. The highest BCUT2D eigenvalue weighted by Crippen LogP contribution is 2.34. The van der Waals surface area contributed by atoms with E-state index in [9.17, 15) is 9.59 Å². The predicted molar refractivity (Wildman–Crippen MR) is 91.1 cm³/mol. The second-order valence-corrected chi connectivity index (χ2v) is 6.98. The van der Waals surface area contributed by atoms with Gasteiger partial charge in [0.15, 0.2) is 0 Å². The zero-order chi connectivity index (χ0) is 17.3. The minimum absolute atomic E-state index is 0.0240. The summed E-state index contributed by atoms with van der Waals surface area (Å²) in [4.78, 5) is 23.8. The maximum Gasteiger partial charge on any atom is 0.334 e. The van der Waals surface area contributed by atoms with Crippen molar-refractivity contribution in [2.45, 2.75) is 58.2 Å². The summed E-state index contributed by atoms with van der Waals surface area (Å²) in [5.41, 5.74) is 3.67. The minimum atomic E-state index is -0.297. The summed E-state index contributed by atoms with van der Waals surface area (Å²) in [7, 11) is 0. The van der Waals surface area contributed by atoms with Crippen molar-refractivity contribution in [2.24, 2.45) is 5.92 Å². The molecule has 0 N–H and O–H groups in total. The first-order valence-corrected chi connectivity index (χ1v) is 8.58. The Bertz CT molecular complexity index is 665. The molecule has 2 bridgehead atoms. The summed E-state index contributed by atoms with van der Waals surface area (Å²) < 4.78 is 10.9. The van der Waals surface area contributed by atoms with Crippen molar-refractivity contribution in [2.75, 3.05) is 0 Å². The molecular weight excluding hydrogens is 304 g/mol. The molecule has 0 amide bonds. The van der Waals surface area contributed by atoms with Crippen molar-refractivity contribution in [3.63, 3.8) is 0 Å². The summed E-state index contributed by atoms with van der Waals surface area (Å²) in [5.74, 6) is -0.474. The van der Waals surface area contributed by atoms with E-state index in [1.54, 1.807) is 0 Å². The van der Waals surface area contributed by atoms with Gasteiger partial charge in [-0.3, -0.25) is 0 Å². The maximum atomic E-state index is 11.9. The molecular formula is C20H24O4. The van der Waals surface area contributed by atoms with Gasteiger partial charge < -0.3 is 9.47 Å². The molecule has 2 heterocycles. The first-order valence-electron chi connectivity index (χ1n) is 8.58. The van der Waals surface area contributed by atoms with Crippen molar-refractivity contribution in [3.05, 3.63) is 47.1 Å². The number of carbonyl (C=O) groups is 2. The number of hydrogen-bond donors (Lipinski definition) is 0. The van der Waals surface area contributed by atoms with Crippen LogP contribution in [-0.4, -0.2) is 24.1 Å². The lowest BCUT2D eigenvalue weighted by Crippen LogP contribution is -2.16. The molecule has 4 heteroatoms. The van der Waals surface area contributed by atoms with Crippen molar-refractivity contribution < 1.29 is 19.1 Å². The monoisotopic (exact) mass is 328 g/mol. The lowest BCUT2D eigenvalue weighted by molar-refractivity contribution is -0.139. The molecule has 1 aliphatic carbocycles. The smallest absolute Gasteiger partial charge is 0.334 e. The highest BCUT2D eigenvalue weighted by Gasteiger charge is 2.37. The van der Waals surface area contributed by atoms with E-state index in [2.05, 4.69) is 19.6 Å². The van der Waals surface area contributed by atoms with E-state index in [1.807, 2.05) is 19.1 Å². The molecule has 0 unspecified atom stereocenters. The highest BCUT2D eigenvalue weighted by molar-refractivity contribution is 5.91. The van der Waals surface area contributed by atoms with Crippen LogP contribution < -0.4 is 0 Å². The lowest BCUT2D eigenvalue weighted by Gasteiger charge is -2.16. The SMILES string of the molecule is C=C1C(=O)O[C@@H]2/C=C(/C)C[C@@H]3C=C(CC/C=C(\C)CC[C@@H]12)C(=O)O3. The molecule has 3 atom stereocenters. The highest BCUT2D eigenvalue weighted by atomic mass is 16.6. The molecule has 3 aliphatic rings. The maximum absolute atomic E-state index is 11.9. The fourth-order valence-corrected chi connectivity index (χ4v) is 3.57. The summed E-state index contributed by atoms with van der Waals surface area (Å²) >= 11 is 0. The summed E-state index contributed by atoms with van der Waals surface area (Å²) in [6, 6.07) is 0. The van der Waals surface area contributed by atoms with Crippen molar-refractivity contribution >= 4 is 11.9 Å². The van der Waals surface area contributed by atoms with Crippen LogP contribution in [0.25, 0.3) is 0 Å². The first-order chi connectivity index (χ1) is 11.4. The molecule has 0 radical (unpaired) electrons. The van der Waals surface area contributed by atoms with E-state index in [0.29, 0.717) is 12.0 Å². The van der Waals surface area contributed by atoms with E-state index in [-0.39, 0.29) is 30.1 Å². The third-order valence-electron chi connectivity index (χ3n) is 4.99. The van der Waals surface area contributed by atoms with Gasteiger partial charge in [0.25, 0.3) is 0 Å². The van der Waals surface area contributed by atoms with Crippen LogP contribution in [0.15, 0.2) is 47.1 Å². The zero-order valence-corrected chi connectivity index (χ0v) is 14.3. The normalized spacial score (nSPS) is 35.7. The molecule has 2 aliphatic heterocycles. The summed E-state index contributed by atoms with van der Waals surface area (Å²) in [6.07, 6.45) is 9.56. The van der Waals surface area contributed by atoms with E-state index >= 15 is 0 Å². The van der Waals surface area contributed by atoms with Gasteiger partial charge in [0.05, 0.1) is 0 Å². The van der Waals surface area contributed by atoms with E-state index < -0.39 is 0 Å². The minimum Gasteiger partial charge on any atom is -0.454 e. The molecule has 3 rings (SSSR count). The lowest BCUT2D eigenvalue weighted by atomic mass is 9.89. The number of rotatable bonds is 0. The molecule has 1 saturated heterocycles. The van der Waals surface area contributed by atoms with Crippen LogP contribution in [-0.2, 0) is 19.1 Å². The molecule has 0 saturated carbocycles. The number of fused-ring (bicyclic) bond motifs is 2. The first kappa shape index (κ1) is 16.7. The number of hydrogen-bond acceptors (Lipinski definition) is 4. The molecule has 4 nitrogen and oxygen atoms in total. The number of esters is 2. The Morgan fingerprint density at radius 3 is 2.62 bits per heavy atom. The summed E-state index contributed by atoms with van der Waals surface area (Å²) in [6.45, 7) is 8.00. The standard InChI is InChI=1S/C20H24O4/c1-12-5-4-6-15-11-16(23-20(15)22)9-13(2)10-18-17(8-7-12)14(3)19(21)24-18/h5,10-11,16-18H,3-4,6-9H2,1-2H3/b12-5+,13-10-/t16-,17+,18-/m1/s1. The van der Waals surface area contributed by atoms with E-state index in [4.69, 9.17) is 9.47 Å². The van der Waals surface area contributed by atoms with Crippen LogP contribution in [0.2, 0.25) is 0 Å². The molecule has 0 aromatic heterocycles. The summed E-state index contributed by atoms with van der Waals surface area (Å²) in [5, 5.41) is 0. The van der Waals surface area contributed by atoms with Gasteiger partial charge in [0, 0.05) is 23.5 Å². The van der Waals surface area contributed by atoms with Crippen LogP contribution in [0.1, 0.15) is 46.0 Å². The van der Waals surface area contributed by atoms with Gasteiger partial charge in [-0.15, -0.1) is 0 Å². The van der Waals surface area contributed by atoms with Crippen LogP contribution in [0.3, 0.4) is 0 Å². The largest absolute Gasteiger partial charge is 0.454 e. The van der Waals surface area contributed by atoms with Gasteiger partial charge in [-0.2, -0.15) is 0 Å². The van der Waals surface area contributed by atoms with Crippen molar-refractivity contribution in [3.8, 4) is 0 Å². The Kier molecular flexibility index (Phi) is 4.74. The molecule has 0 aromatic rings. The number of allylic oxidation sites excluding steroid dienone is 2. The van der Waals surface area contributed by atoms with E-state index in [0.717, 1.165) is 36.8 Å². The Morgan fingerprint density at radius 2 is 1.83 bits per heavy atom. The van der Waals surface area contributed by atoms with Gasteiger partial charge >= 0.3 is 11.9 Å². The van der Waals surface area contributed by atoms with Crippen molar-refractivity contribution in [1.29, 1.82) is 0 Å². The molecule has 0 spiro atoms. The quantitative estimate of drug-likeness (QED) is 0.386. The Hall–Kier alpha value is -2.10.